The molecule has 1 unspecified atom stereocenters. The van der Waals surface area contributed by atoms with Crippen LogP contribution in [0.4, 0.5) is 0 Å². The summed E-state index contributed by atoms with van der Waals surface area (Å²) in [6, 6.07) is 0. The predicted octanol–water partition coefficient (Wildman–Crippen LogP) is 4.73. The van der Waals surface area contributed by atoms with Gasteiger partial charge in [0.15, 0.2) is 0 Å². The molecule has 0 aliphatic heterocycles. The molecule has 0 nitrogen and oxygen atoms in total. The lowest BCUT2D eigenvalue weighted by atomic mass is 9.96. The van der Waals surface area contributed by atoms with Gasteiger partial charge >= 0.3 is 0 Å². The van der Waals surface area contributed by atoms with Gasteiger partial charge in [0.2, 0.25) is 0 Å². The fraction of sp³-hybridized carbons (Fsp3) is 0.692. The second-order valence-electron chi connectivity index (χ2n) is 3.71. The molecule has 0 aromatic rings. The molecule has 1 atom stereocenters. The van der Waals surface area contributed by atoms with Crippen LogP contribution in [0.1, 0.15) is 51.9 Å². The molecule has 0 fully saturated rings. The summed E-state index contributed by atoms with van der Waals surface area (Å²) in [4.78, 5) is 0. The van der Waals surface area contributed by atoms with Crippen LogP contribution in [0.3, 0.4) is 0 Å². The summed E-state index contributed by atoms with van der Waals surface area (Å²) in [6.45, 7) is 9.87. The summed E-state index contributed by atoms with van der Waals surface area (Å²) < 4.78 is 0. The molecule has 0 heterocycles. The molecule has 13 heavy (non-hydrogen) atoms. The van der Waals surface area contributed by atoms with Gasteiger partial charge in [-0.1, -0.05) is 38.3 Å². The lowest BCUT2D eigenvalue weighted by Crippen LogP contribution is -1.95. The van der Waals surface area contributed by atoms with E-state index in [4.69, 9.17) is 0 Å². The molecule has 0 bridgehead atoms. The van der Waals surface area contributed by atoms with E-state index in [2.05, 4.69) is 26.2 Å². The third-order valence-electron chi connectivity index (χ3n) is 2.49. The van der Waals surface area contributed by atoms with Gasteiger partial charge in [0.05, 0.1) is 0 Å². The van der Waals surface area contributed by atoms with Crippen molar-refractivity contribution in [2.24, 2.45) is 5.92 Å². The van der Waals surface area contributed by atoms with Crippen LogP contribution in [-0.2, 0) is 0 Å². The standard InChI is InChI=1S/C13H24/c1-4-7-9-10-12-13(6-3)11-8-5-2/h4,6,13H,1,3,5,7-12H2,2H3. The Morgan fingerprint density at radius 3 is 2.31 bits per heavy atom. The molecule has 0 aliphatic rings. The van der Waals surface area contributed by atoms with E-state index in [0.717, 1.165) is 12.3 Å². The SMILES string of the molecule is C=CCCCCC(C=C)CCCC. The van der Waals surface area contributed by atoms with Gasteiger partial charge in [-0.2, -0.15) is 0 Å². The zero-order chi connectivity index (χ0) is 9.94. The molecule has 0 aliphatic carbocycles. The average molecular weight is 180 g/mol. The van der Waals surface area contributed by atoms with Crippen molar-refractivity contribution in [3.63, 3.8) is 0 Å². The Morgan fingerprint density at radius 1 is 1.08 bits per heavy atom. The van der Waals surface area contributed by atoms with Crippen molar-refractivity contribution in [1.29, 1.82) is 0 Å². The van der Waals surface area contributed by atoms with E-state index >= 15 is 0 Å². The van der Waals surface area contributed by atoms with Gasteiger partial charge in [0, 0.05) is 0 Å². The smallest absolute Gasteiger partial charge is 0.0236 e. The van der Waals surface area contributed by atoms with Crippen LogP contribution < -0.4 is 0 Å². The summed E-state index contributed by atoms with van der Waals surface area (Å²) in [5.41, 5.74) is 0. The minimum absolute atomic E-state index is 0.754. The van der Waals surface area contributed by atoms with Crippen LogP contribution in [-0.4, -0.2) is 0 Å². The topological polar surface area (TPSA) is 0 Å². The highest BCUT2D eigenvalue weighted by Crippen LogP contribution is 2.17. The van der Waals surface area contributed by atoms with Gasteiger partial charge in [-0.25, -0.2) is 0 Å². The van der Waals surface area contributed by atoms with Crippen LogP contribution >= 0.6 is 0 Å². The van der Waals surface area contributed by atoms with Crippen LogP contribution in [0.2, 0.25) is 0 Å². The molecule has 0 heteroatoms. The van der Waals surface area contributed by atoms with Crippen molar-refractivity contribution in [2.45, 2.75) is 51.9 Å². The summed E-state index contributed by atoms with van der Waals surface area (Å²) in [5, 5.41) is 0. The normalized spacial score (nSPS) is 12.4. The summed E-state index contributed by atoms with van der Waals surface area (Å²) in [5.74, 6) is 0.754. The lowest BCUT2D eigenvalue weighted by molar-refractivity contribution is 0.493. The molecule has 76 valence electrons. The van der Waals surface area contributed by atoms with E-state index < -0.39 is 0 Å². The Kier molecular flexibility index (Phi) is 9.18. The second-order valence-corrected chi connectivity index (χ2v) is 3.71. The molecule has 0 rings (SSSR count). The monoisotopic (exact) mass is 180 g/mol. The summed E-state index contributed by atoms with van der Waals surface area (Å²) >= 11 is 0. The fourth-order valence-corrected chi connectivity index (χ4v) is 1.54. The van der Waals surface area contributed by atoms with E-state index in [1.807, 2.05) is 6.08 Å². The molecule has 0 radical (unpaired) electrons. The maximum Gasteiger partial charge on any atom is -0.0236 e. The number of rotatable bonds is 9. The fourth-order valence-electron chi connectivity index (χ4n) is 1.54. The van der Waals surface area contributed by atoms with Crippen LogP contribution in [0.15, 0.2) is 25.3 Å². The Hall–Kier alpha value is -0.520. The van der Waals surface area contributed by atoms with Crippen molar-refractivity contribution in [3.05, 3.63) is 25.3 Å². The molecular formula is C13H24. The quantitative estimate of drug-likeness (QED) is 0.355. The van der Waals surface area contributed by atoms with E-state index in [-0.39, 0.29) is 0 Å². The highest BCUT2D eigenvalue weighted by Gasteiger charge is 2.02. The molecule has 0 aromatic carbocycles. The summed E-state index contributed by atoms with van der Waals surface area (Å²) in [6.07, 6.45) is 13.2. The van der Waals surface area contributed by atoms with Gasteiger partial charge in [-0.3, -0.25) is 0 Å². The first-order chi connectivity index (χ1) is 6.35. The first-order valence-electron chi connectivity index (χ1n) is 5.58. The highest BCUT2D eigenvalue weighted by molar-refractivity contribution is 4.79. The van der Waals surface area contributed by atoms with Gasteiger partial charge in [-0.15, -0.1) is 13.2 Å². The van der Waals surface area contributed by atoms with E-state index in [1.165, 1.54) is 38.5 Å². The third-order valence-corrected chi connectivity index (χ3v) is 2.49. The van der Waals surface area contributed by atoms with Crippen LogP contribution in [0, 0.1) is 5.92 Å². The zero-order valence-corrected chi connectivity index (χ0v) is 9.10. The number of hydrogen-bond acceptors (Lipinski definition) is 0. The number of unbranched alkanes of at least 4 members (excludes halogenated alkanes) is 3. The lowest BCUT2D eigenvalue weighted by Gasteiger charge is -2.10. The van der Waals surface area contributed by atoms with Crippen molar-refractivity contribution >= 4 is 0 Å². The van der Waals surface area contributed by atoms with Gasteiger partial charge in [0.25, 0.3) is 0 Å². The van der Waals surface area contributed by atoms with Crippen LogP contribution in [0.25, 0.3) is 0 Å². The molecule has 0 saturated carbocycles. The van der Waals surface area contributed by atoms with E-state index in [1.54, 1.807) is 0 Å². The van der Waals surface area contributed by atoms with Crippen molar-refractivity contribution in [2.75, 3.05) is 0 Å². The highest BCUT2D eigenvalue weighted by atomic mass is 14.1. The summed E-state index contributed by atoms with van der Waals surface area (Å²) in [7, 11) is 0. The van der Waals surface area contributed by atoms with Gasteiger partial charge < -0.3 is 0 Å². The molecule has 0 saturated heterocycles. The molecule has 0 spiro atoms. The minimum Gasteiger partial charge on any atom is -0.103 e. The zero-order valence-electron chi connectivity index (χ0n) is 9.10. The molecule has 0 amide bonds. The van der Waals surface area contributed by atoms with Crippen molar-refractivity contribution < 1.29 is 0 Å². The Balaban J connectivity index is 3.35. The Bertz CT molecular complexity index is 124. The van der Waals surface area contributed by atoms with Gasteiger partial charge in [0.1, 0.15) is 0 Å². The number of hydrogen-bond donors (Lipinski definition) is 0. The van der Waals surface area contributed by atoms with Crippen LogP contribution in [0.5, 0.6) is 0 Å². The van der Waals surface area contributed by atoms with Gasteiger partial charge in [-0.05, 0) is 31.6 Å². The average Bonchev–Trinajstić information content (AvgIpc) is 2.17. The van der Waals surface area contributed by atoms with E-state index in [9.17, 15) is 0 Å². The number of allylic oxidation sites excluding steroid dienone is 2. The van der Waals surface area contributed by atoms with Crippen molar-refractivity contribution in [3.8, 4) is 0 Å². The predicted molar refractivity (Wildman–Crippen MR) is 61.9 cm³/mol. The van der Waals surface area contributed by atoms with Crippen molar-refractivity contribution in [1.82, 2.24) is 0 Å². The second kappa shape index (κ2) is 9.57. The molecule has 0 N–H and O–H groups in total. The largest absolute Gasteiger partial charge is 0.103 e. The minimum atomic E-state index is 0.754. The molecule has 0 aromatic heterocycles. The first kappa shape index (κ1) is 12.5. The first-order valence-corrected chi connectivity index (χ1v) is 5.58. The Morgan fingerprint density at radius 2 is 1.77 bits per heavy atom. The third kappa shape index (κ3) is 7.83. The maximum absolute atomic E-state index is 3.89. The Labute approximate surface area is 83.7 Å². The molecular weight excluding hydrogens is 156 g/mol. The van der Waals surface area contributed by atoms with E-state index in [0.29, 0.717) is 0 Å². The maximum atomic E-state index is 3.89.